The molecule has 0 spiro atoms. The maximum Gasteiger partial charge on any atom is 0.122 e. The minimum atomic E-state index is 0.103. The van der Waals surface area contributed by atoms with Gasteiger partial charge in [-0.25, -0.2) is 4.98 Å². The van der Waals surface area contributed by atoms with Gasteiger partial charge < -0.3 is 19.5 Å². The van der Waals surface area contributed by atoms with Crippen molar-refractivity contribution in [2.75, 3.05) is 26.7 Å². The normalized spacial score (nSPS) is 20.6. The van der Waals surface area contributed by atoms with Gasteiger partial charge in [0.25, 0.3) is 0 Å². The first-order valence-electron chi connectivity index (χ1n) is 7.88. The Morgan fingerprint density at radius 3 is 2.78 bits per heavy atom. The summed E-state index contributed by atoms with van der Waals surface area (Å²) in [5, 5.41) is 4.36. The summed E-state index contributed by atoms with van der Waals surface area (Å²) < 4.78 is 8.06. The van der Waals surface area contributed by atoms with E-state index in [2.05, 4.69) is 34.4 Å². The second kappa shape index (κ2) is 7.45. The van der Waals surface area contributed by atoms with E-state index in [0.717, 1.165) is 30.5 Å². The van der Waals surface area contributed by atoms with Gasteiger partial charge in [-0.1, -0.05) is 23.7 Å². The first-order chi connectivity index (χ1) is 11.1. The van der Waals surface area contributed by atoms with E-state index in [1.54, 1.807) is 0 Å². The van der Waals surface area contributed by atoms with Gasteiger partial charge in [-0.05, 0) is 24.7 Å². The number of halogens is 1. The van der Waals surface area contributed by atoms with Gasteiger partial charge in [0.1, 0.15) is 5.82 Å². The third-order valence-electron chi connectivity index (χ3n) is 4.30. The van der Waals surface area contributed by atoms with Crippen LogP contribution in [0.25, 0.3) is 0 Å². The Kier molecular flexibility index (Phi) is 5.33. The molecule has 5 nitrogen and oxygen atoms in total. The van der Waals surface area contributed by atoms with Crippen LogP contribution in [0.3, 0.4) is 0 Å². The minimum Gasteiger partial charge on any atom is -0.374 e. The Balaban J connectivity index is 1.77. The topological polar surface area (TPSA) is 42.3 Å². The number of ether oxygens (including phenoxy) is 1. The van der Waals surface area contributed by atoms with Crippen LogP contribution in [0.4, 0.5) is 0 Å². The number of hydrogen-bond donors (Lipinski definition) is 1. The van der Waals surface area contributed by atoms with Crippen molar-refractivity contribution in [1.29, 1.82) is 0 Å². The summed E-state index contributed by atoms with van der Waals surface area (Å²) in [6, 6.07) is 8.09. The van der Waals surface area contributed by atoms with Crippen molar-refractivity contribution < 1.29 is 4.74 Å². The molecule has 0 unspecified atom stereocenters. The molecule has 2 heterocycles. The molecule has 6 heteroatoms. The van der Waals surface area contributed by atoms with Gasteiger partial charge in [-0.3, -0.25) is 0 Å². The maximum absolute atomic E-state index is 6.03. The van der Waals surface area contributed by atoms with Gasteiger partial charge in [0.05, 0.1) is 25.3 Å². The molecule has 2 aromatic rings. The van der Waals surface area contributed by atoms with E-state index >= 15 is 0 Å². The highest BCUT2D eigenvalue weighted by molar-refractivity contribution is 6.30. The number of rotatable bonds is 5. The Labute approximate surface area is 142 Å². The van der Waals surface area contributed by atoms with Crippen LogP contribution in [0.2, 0.25) is 5.02 Å². The van der Waals surface area contributed by atoms with Crippen LogP contribution in [-0.4, -0.2) is 47.3 Å². The largest absolute Gasteiger partial charge is 0.374 e. The van der Waals surface area contributed by atoms with Gasteiger partial charge in [-0.15, -0.1) is 0 Å². The lowest BCUT2D eigenvalue weighted by atomic mass is 10.00. The number of aryl methyl sites for hydroxylation is 1. The standard InChI is InChI=1S/C17H23ClN4O/c1-21-9-10-23-15(12-21)17(13-3-5-14(18)6-4-13)20-11-16-19-7-8-22(16)2/h3-8,15,17,20H,9-12H2,1-2H3/t15-,17-/m1/s1. The van der Waals surface area contributed by atoms with Crippen molar-refractivity contribution in [3.8, 4) is 0 Å². The first kappa shape index (κ1) is 16.5. The predicted molar refractivity (Wildman–Crippen MR) is 91.5 cm³/mol. The molecule has 0 radical (unpaired) electrons. The van der Waals surface area contributed by atoms with Crippen LogP contribution in [-0.2, 0) is 18.3 Å². The second-order valence-electron chi connectivity index (χ2n) is 6.04. The summed E-state index contributed by atoms with van der Waals surface area (Å²) >= 11 is 6.03. The predicted octanol–water partition coefficient (Wildman–Crippen LogP) is 2.23. The average Bonchev–Trinajstić information content (AvgIpc) is 2.95. The first-order valence-corrected chi connectivity index (χ1v) is 8.26. The number of nitrogens with one attached hydrogen (secondary N) is 1. The number of morpholine rings is 1. The summed E-state index contributed by atoms with van der Waals surface area (Å²) in [6.45, 7) is 3.33. The van der Waals surface area contributed by atoms with Crippen molar-refractivity contribution in [2.24, 2.45) is 7.05 Å². The Morgan fingerprint density at radius 1 is 1.35 bits per heavy atom. The summed E-state index contributed by atoms with van der Waals surface area (Å²) in [6.07, 6.45) is 3.88. The number of benzene rings is 1. The highest BCUT2D eigenvalue weighted by atomic mass is 35.5. The second-order valence-corrected chi connectivity index (χ2v) is 6.47. The van der Waals surface area contributed by atoms with Crippen molar-refractivity contribution in [1.82, 2.24) is 19.8 Å². The monoisotopic (exact) mass is 334 g/mol. The molecular weight excluding hydrogens is 312 g/mol. The Morgan fingerprint density at radius 2 is 2.13 bits per heavy atom. The quantitative estimate of drug-likeness (QED) is 0.910. The van der Waals surface area contributed by atoms with Crippen LogP contribution in [0.15, 0.2) is 36.7 Å². The molecule has 3 rings (SSSR count). The number of hydrogen-bond acceptors (Lipinski definition) is 4. The number of aromatic nitrogens is 2. The van der Waals surface area contributed by atoms with E-state index in [-0.39, 0.29) is 12.1 Å². The van der Waals surface area contributed by atoms with E-state index in [4.69, 9.17) is 16.3 Å². The molecule has 1 aliphatic rings. The third kappa shape index (κ3) is 4.12. The summed E-state index contributed by atoms with van der Waals surface area (Å²) in [7, 11) is 4.14. The fourth-order valence-corrected chi connectivity index (χ4v) is 3.04. The molecule has 1 aromatic heterocycles. The number of imidazole rings is 1. The van der Waals surface area contributed by atoms with E-state index in [1.165, 1.54) is 5.56 Å². The minimum absolute atomic E-state index is 0.103. The number of nitrogens with zero attached hydrogens (tertiary/aromatic N) is 3. The van der Waals surface area contributed by atoms with Crippen LogP contribution >= 0.6 is 11.6 Å². The molecule has 1 aromatic carbocycles. The van der Waals surface area contributed by atoms with Gasteiger partial charge in [0, 0.05) is 37.6 Å². The lowest BCUT2D eigenvalue weighted by Gasteiger charge is -2.36. The average molecular weight is 335 g/mol. The maximum atomic E-state index is 6.03. The molecule has 1 fully saturated rings. The zero-order valence-electron chi connectivity index (χ0n) is 13.6. The fraction of sp³-hybridized carbons (Fsp3) is 0.471. The smallest absolute Gasteiger partial charge is 0.122 e. The van der Waals surface area contributed by atoms with Gasteiger partial charge in [-0.2, -0.15) is 0 Å². The van der Waals surface area contributed by atoms with Gasteiger partial charge >= 0.3 is 0 Å². The SMILES string of the molecule is CN1CCO[C@@H]([C@H](NCc2nccn2C)c2ccc(Cl)cc2)C1. The van der Waals surface area contributed by atoms with E-state index in [9.17, 15) is 0 Å². The lowest BCUT2D eigenvalue weighted by Crippen LogP contribution is -2.46. The molecule has 1 aliphatic heterocycles. The van der Waals surface area contributed by atoms with Crippen molar-refractivity contribution in [3.05, 3.63) is 53.1 Å². The van der Waals surface area contributed by atoms with Crippen molar-refractivity contribution in [2.45, 2.75) is 18.7 Å². The van der Waals surface area contributed by atoms with E-state index in [0.29, 0.717) is 6.54 Å². The van der Waals surface area contributed by atoms with Gasteiger partial charge in [0.2, 0.25) is 0 Å². The third-order valence-corrected chi connectivity index (χ3v) is 4.55. The van der Waals surface area contributed by atoms with Crippen molar-refractivity contribution in [3.63, 3.8) is 0 Å². The summed E-state index contributed by atoms with van der Waals surface area (Å²) in [5.41, 5.74) is 1.18. The van der Waals surface area contributed by atoms with Crippen molar-refractivity contribution >= 4 is 11.6 Å². The Hall–Kier alpha value is -1.40. The Bertz CT molecular complexity index is 628. The molecule has 1 saturated heterocycles. The fourth-order valence-electron chi connectivity index (χ4n) is 2.91. The van der Waals surface area contributed by atoms with Crippen LogP contribution in [0.5, 0.6) is 0 Å². The highest BCUT2D eigenvalue weighted by Crippen LogP contribution is 2.24. The van der Waals surface area contributed by atoms with Crippen LogP contribution in [0, 0.1) is 0 Å². The molecule has 0 bridgehead atoms. The molecule has 2 atom stereocenters. The summed E-state index contributed by atoms with van der Waals surface area (Å²) in [4.78, 5) is 6.69. The lowest BCUT2D eigenvalue weighted by molar-refractivity contribution is -0.0397. The molecule has 23 heavy (non-hydrogen) atoms. The van der Waals surface area contributed by atoms with Crippen LogP contribution < -0.4 is 5.32 Å². The molecule has 0 amide bonds. The number of likely N-dealkylation sites (N-methyl/N-ethyl adjacent to an activating group) is 1. The summed E-state index contributed by atoms with van der Waals surface area (Å²) in [5.74, 6) is 1.01. The molecular formula is C17H23ClN4O. The highest BCUT2D eigenvalue weighted by Gasteiger charge is 2.28. The molecule has 0 saturated carbocycles. The zero-order valence-corrected chi connectivity index (χ0v) is 14.3. The van der Waals surface area contributed by atoms with Crippen LogP contribution in [0.1, 0.15) is 17.4 Å². The van der Waals surface area contributed by atoms with E-state index < -0.39 is 0 Å². The molecule has 0 aliphatic carbocycles. The van der Waals surface area contributed by atoms with Gasteiger partial charge in [0.15, 0.2) is 0 Å². The molecule has 124 valence electrons. The molecule has 1 N–H and O–H groups in total. The zero-order chi connectivity index (χ0) is 16.2. The van der Waals surface area contributed by atoms with E-state index in [1.807, 2.05) is 36.1 Å².